The van der Waals surface area contributed by atoms with Gasteiger partial charge in [-0.3, -0.25) is 4.79 Å². The van der Waals surface area contributed by atoms with Crippen LogP contribution in [-0.4, -0.2) is 20.4 Å². The number of hydrogen-bond acceptors (Lipinski definition) is 3. The van der Waals surface area contributed by atoms with Crippen molar-refractivity contribution < 1.29 is 26.4 Å². The van der Waals surface area contributed by atoms with Crippen molar-refractivity contribution in [1.29, 1.82) is 0 Å². The number of carbonyl (C=O) groups excluding carboxylic acids is 1. The molecule has 1 atom stereocenters. The molecule has 0 aliphatic heterocycles. The largest absolute Gasteiger partial charge is 0.418 e. The van der Waals surface area contributed by atoms with Crippen LogP contribution in [0.1, 0.15) is 11.1 Å². The van der Waals surface area contributed by atoms with Crippen LogP contribution in [0.15, 0.2) is 82.2 Å². The van der Waals surface area contributed by atoms with Gasteiger partial charge in [0.1, 0.15) is 6.04 Å². The van der Waals surface area contributed by atoms with Crippen molar-refractivity contribution >= 4 is 49.1 Å². The Morgan fingerprint density at radius 2 is 1.64 bits per heavy atom. The molecule has 0 fully saturated rings. The van der Waals surface area contributed by atoms with Gasteiger partial charge in [0.05, 0.1) is 16.1 Å². The van der Waals surface area contributed by atoms with Crippen LogP contribution >= 0.6 is 27.5 Å². The molecule has 0 aliphatic rings. The lowest BCUT2D eigenvalue weighted by atomic mass is 10.1. The van der Waals surface area contributed by atoms with Gasteiger partial charge in [0.25, 0.3) is 0 Å². The molecule has 174 valence electrons. The van der Waals surface area contributed by atoms with Gasteiger partial charge in [0.2, 0.25) is 15.9 Å². The Balaban J connectivity index is 1.93. The van der Waals surface area contributed by atoms with E-state index in [1.807, 2.05) is 0 Å². The van der Waals surface area contributed by atoms with Crippen LogP contribution in [0.25, 0.3) is 0 Å². The Bertz CT molecular complexity index is 1240. The number of carbonyl (C=O) groups is 1. The van der Waals surface area contributed by atoms with E-state index >= 15 is 0 Å². The third kappa shape index (κ3) is 6.80. The summed E-state index contributed by atoms with van der Waals surface area (Å²) in [5, 5.41) is 2.04. The Morgan fingerprint density at radius 1 is 1.00 bits per heavy atom. The summed E-state index contributed by atoms with van der Waals surface area (Å²) < 4.78 is 69.0. The minimum atomic E-state index is -4.78. The fourth-order valence-electron chi connectivity index (χ4n) is 2.99. The molecule has 0 aliphatic carbocycles. The van der Waals surface area contributed by atoms with E-state index in [1.54, 1.807) is 30.3 Å². The summed E-state index contributed by atoms with van der Waals surface area (Å²) in [5.41, 5.74) is -1.06. The number of alkyl halides is 3. The first-order chi connectivity index (χ1) is 15.5. The molecule has 0 bridgehead atoms. The Hall–Kier alpha value is -2.40. The second kappa shape index (κ2) is 10.3. The topological polar surface area (TPSA) is 75.3 Å². The Labute approximate surface area is 202 Å². The maximum atomic E-state index is 13.4. The van der Waals surface area contributed by atoms with Crippen molar-refractivity contribution in [1.82, 2.24) is 4.72 Å². The highest BCUT2D eigenvalue weighted by molar-refractivity contribution is 9.10. The van der Waals surface area contributed by atoms with Gasteiger partial charge in [-0.25, -0.2) is 8.42 Å². The number of nitrogens with one attached hydrogen (secondary N) is 2. The number of halogens is 5. The van der Waals surface area contributed by atoms with E-state index in [1.165, 1.54) is 30.3 Å². The van der Waals surface area contributed by atoms with E-state index in [0.717, 1.165) is 6.07 Å². The number of anilines is 1. The summed E-state index contributed by atoms with van der Waals surface area (Å²) in [5.74, 6) is -0.952. The smallest absolute Gasteiger partial charge is 0.324 e. The molecular weight excluding hydrogens is 545 g/mol. The van der Waals surface area contributed by atoms with Crippen molar-refractivity contribution in [2.24, 2.45) is 0 Å². The molecule has 0 spiro atoms. The average Bonchev–Trinajstić information content (AvgIpc) is 2.74. The second-order valence-electron chi connectivity index (χ2n) is 6.99. The zero-order valence-corrected chi connectivity index (χ0v) is 19.9. The fraction of sp³-hybridized carbons (Fsp3) is 0.136. The minimum absolute atomic E-state index is 0.0859. The highest BCUT2D eigenvalue weighted by atomic mass is 79.9. The van der Waals surface area contributed by atoms with E-state index in [2.05, 4.69) is 26.0 Å². The molecule has 2 N–H and O–H groups in total. The lowest BCUT2D eigenvalue weighted by Gasteiger charge is -2.20. The summed E-state index contributed by atoms with van der Waals surface area (Å²) in [4.78, 5) is 12.9. The SMILES string of the molecule is O=C(Nc1ccc(Cl)cc1C(F)(F)F)[C@H](Cc1ccccc1)NS(=O)(=O)c1ccc(Br)cc1. The first-order valence-corrected chi connectivity index (χ1v) is 12.1. The van der Waals surface area contributed by atoms with E-state index in [9.17, 15) is 26.4 Å². The molecule has 5 nitrogen and oxygen atoms in total. The lowest BCUT2D eigenvalue weighted by Crippen LogP contribution is -2.45. The Morgan fingerprint density at radius 3 is 2.24 bits per heavy atom. The Kier molecular flexibility index (Phi) is 7.84. The molecule has 0 saturated carbocycles. The lowest BCUT2D eigenvalue weighted by molar-refractivity contribution is -0.137. The van der Waals surface area contributed by atoms with Gasteiger partial charge in [0, 0.05) is 9.50 Å². The molecule has 0 saturated heterocycles. The average molecular weight is 562 g/mol. The standard InChI is InChI=1S/C22H17BrClF3N2O3S/c23-15-6-9-17(10-7-15)33(31,32)29-20(12-14-4-2-1-3-5-14)21(30)28-19-11-8-16(24)13-18(19)22(25,26)27/h1-11,13,20,29H,12H2,(H,28,30)/t20-/m0/s1. The van der Waals surface area contributed by atoms with Crippen LogP contribution in [0.3, 0.4) is 0 Å². The molecule has 33 heavy (non-hydrogen) atoms. The highest BCUT2D eigenvalue weighted by Gasteiger charge is 2.35. The van der Waals surface area contributed by atoms with Crippen molar-refractivity contribution in [3.8, 4) is 0 Å². The molecule has 11 heteroatoms. The van der Waals surface area contributed by atoms with Crippen molar-refractivity contribution in [2.75, 3.05) is 5.32 Å². The number of rotatable bonds is 7. The normalized spacial score (nSPS) is 12.9. The van der Waals surface area contributed by atoms with Gasteiger partial charge >= 0.3 is 6.18 Å². The van der Waals surface area contributed by atoms with Gasteiger partial charge in [-0.15, -0.1) is 0 Å². The van der Waals surface area contributed by atoms with Gasteiger partial charge in [-0.05, 0) is 54.4 Å². The summed E-state index contributed by atoms with van der Waals surface area (Å²) >= 11 is 8.90. The molecule has 1 amide bonds. The molecule has 3 rings (SSSR count). The van der Waals surface area contributed by atoms with Gasteiger partial charge < -0.3 is 5.32 Å². The first kappa shape index (κ1) is 25.2. The van der Waals surface area contributed by atoms with Crippen LogP contribution in [0.5, 0.6) is 0 Å². The number of sulfonamides is 1. The maximum absolute atomic E-state index is 13.4. The highest BCUT2D eigenvalue weighted by Crippen LogP contribution is 2.36. The van der Waals surface area contributed by atoms with E-state index in [-0.39, 0.29) is 16.3 Å². The molecule has 0 radical (unpaired) electrons. The number of amides is 1. The maximum Gasteiger partial charge on any atom is 0.418 e. The molecule has 0 aromatic heterocycles. The zero-order chi connectivity index (χ0) is 24.2. The number of benzene rings is 3. The van der Waals surface area contributed by atoms with Crippen molar-refractivity contribution in [3.05, 3.63) is 93.4 Å². The predicted molar refractivity (Wildman–Crippen MR) is 123 cm³/mol. The summed E-state index contributed by atoms with van der Waals surface area (Å²) in [6.07, 6.45) is -4.86. The minimum Gasteiger partial charge on any atom is -0.324 e. The fourth-order valence-corrected chi connectivity index (χ4v) is 4.62. The molecule has 3 aromatic rings. The summed E-state index contributed by atoms with van der Waals surface area (Å²) in [6, 6.07) is 15.7. The van der Waals surface area contributed by atoms with Crippen LogP contribution in [-0.2, 0) is 27.4 Å². The molecule has 3 aromatic carbocycles. The first-order valence-electron chi connectivity index (χ1n) is 9.45. The van der Waals surface area contributed by atoms with E-state index < -0.39 is 39.4 Å². The second-order valence-corrected chi connectivity index (χ2v) is 10.1. The number of hydrogen-bond donors (Lipinski definition) is 2. The summed E-state index contributed by atoms with van der Waals surface area (Å²) in [6.45, 7) is 0. The third-order valence-corrected chi connectivity index (χ3v) is 6.82. The van der Waals surface area contributed by atoms with Gasteiger partial charge in [-0.2, -0.15) is 17.9 Å². The van der Waals surface area contributed by atoms with E-state index in [4.69, 9.17) is 11.6 Å². The zero-order valence-electron chi connectivity index (χ0n) is 16.7. The van der Waals surface area contributed by atoms with E-state index in [0.29, 0.717) is 16.1 Å². The molecule has 0 unspecified atom stereocenters. The van der Waals surface area contributed by atoms with Crippen molar-refractivity contribution in [3.63, 3.8) is 0 Å². The van der Waals surface area contributed by atoms with Gasteiger partial charge in [-0.1, -0.05) is 57.9 Å². The van der Waals surface area contributed by atoms with Crippen molar-refractivity contribution in [2.45, 2.75) is 23.5 Å². The van der Waals surface area contributed by atoms with Crippen LogP contribution in [0, 0.1) is 0 Å². The molecule has 0 heterocycles. The van der Waals surface area contributed by atoms with Crippen LogP contribution in [0.4, 0.5) is 18.9 Å². The van der Waals surface area contributed by atoms with Crippen LogP contribution in [0.2, 0.25) is 5.02 Å². The quantitative estimate of drug-likeness (QED) is 0.392. The predicted octanol–water partition coefficient (Wildman–Crippen LogP) is 5.65. The van der Waals surface area contributed by atoms with Gasteiger partial charge in [0.15, 0.2) is 0 Å². The molecular formula is C22H17BrClF3N2O3S. The van der Waals surface area contributed by atoms with Crippen LogP contribution < -0.4 is 10.0 Å². The third-order valence-electron chi connectivity index (χ3n) is 4.57. The summed E-state index contributed by atoms with van der Waals surface area (Å²) in [7, 11) is -4.15. The monoisotopic (exact) mass is 560 g/mol.